The van der Waals surface area contributed by atoms with E-state index in [0.717, 1.165) is 201 Å². The molecule has 3 aromatic carbocycles. The Labute approximate surface area is 676 Å². The lowest BCUT2D eigenvalue weighted by Gasteiger charge is -2.33. The molecule has 0 spiro atoms. The molecule has 0 aliphatic carbocycles. The molecule has 12 aromatic rings. The SMILES string of the molecule is C.C.CC(=O)N1CCN(Cc2ccc3cc(Oc4ccc(-c5ccn[nH]5)cn4)ccc3n2)CC1.CC(=O)N1CCN(Cc2ccc3cc(Oc4ccc(-c5ccnn5COCC[Si](C)(C)C)cn4)ccc3n2)CC1.CC(=O)N1CCNCC1.C[Si](C)(C)CCOCn1nccc1-c1ccc(Oc2ccc3nc(C=O)ccc3c2)nc1.[2HH]. The van der Waals surface area contributed by atoms with Crippen LogP contribution in [0.2, 0.25) is 51.4 Å². The van der Waals surface area contributed by atoms with E-state index in [1.165, 1.54) is 0 Å². The predicted octanol–water partition coefficient (Wildman–Crippen LogP) is 15.1. The van der Waals surface area contributed by atoms with E-state index in [1.807, 2.05) is 139 Å². The number of hydrogen-bond acceptors (Lipinski definition) is 21. The largest absolute Gasteiger partial charge is 0.439 e. The Balaban J connectivity index is 0.000000187. The van der Waals surface area contributed by atoms with Crippen LogP contribution in [0.1, 0.15) is 58.9 Å². The van der Waals surface area contributed by atoms with Gasteiger partial charge in [0.15, 0.2) is 6.29 Å². The minimum atomic E-state index is -1.12. The molecule has 606 valence electrons. The lowest BCUT2D eigenvalue weighted by molar-refractivity contribution is -0.131. The number of piperazine rings is 3. The number of carbonyl (C=O) groups excluding carboxylic acids is 4. The number of fused-ring (bicyclic) bond motifs is 3. The number of aldehydes is 1. The van der Waals surface area contributed by atoms with Crippen LogP contribution in [0.4, 0.5) is 0 Å². The number of nitrogens with one attached hydrogen (secondary N) is 2. The van der Waals surface area contributed by atoms with Gasteiger partial charge in [-0.05, 0) is 121 Å². The number of benzene rings is 3. The van der Waals surface area contributed by atoms with Crippen molar-refractivity contribution in [2.45, 2.75) is 114 Å². The first-order chi connectivity index (χ1) is 54.6. The average molecular weight is 1600 g/mol. The lowest BCUT2D eigenvalue weighted by Crippen LogP contribution is -2.47. The van der Waals surface area contributed by atoms with E-state index in [2.05, 4.69) is 119 Å². The summed E-state index contributed by atoms with van der Waals surface area (Å²) in [6.07, 6.45) is 11.3. The van der Waals surface area contributed by atoms with Gasteiger partial charge >= 0.3 is 0 Å². The lowest BCUT2D eigenvalue weighted by atomic mass is 10.2. The van der Waals surface area contributed by atoms with Crippen LogP contribution in [0, 0.1) is 0 Å². The summed E-state index contributed by atoms with van der Waals surface area (Å²) in [5.74, 6) is 4.11. The Morgan fingerprint density at radius 1 is 0.452 bits per heavy atom. The first kappa shape index (κ1) is 86.1. The molecule has 3 amide bonds. The van der Waals surface area contributed by atoms with Gasteiger partial charge < -0.3 is 43.7 Å². The van der Waals surface area contributed by atoms with E-state index in [-0.39, 0.29) is 34.0 Å². The Kier molecular flexibility index (Phi) is 30.8. The molecule has 3 aliphatic rings. The second kappa shape index (κ2) is 41.1. The normalized spacial score (nSPS) is 13.9. The quantitative estimate of drug-likeness (QED) is 0.0323. The average Bonchev–Trinajstić information content (AvgIpc) is 1.03. The first-order valence-corrected chi connectivity index (χ1v) is 45.7. The zero-order valence-electron chi connectivity index (χ0n) is 65.9. The van der Waals surface area contributed by atoms with Crippen molar-refractivity contribution in [3.05, 3.63) is 200 Å². The van der Waals surface area contributed by atoms with Crippen LogP contribution in [0.5, 0.6) is 34.9 Å². The third-order valence-corrected chi connectivity index (χ3v) is 22.7. The summed E-state index contributed by atoms with van der Waals surface area (Å²) in [5, 5.41) is 21.8. The molecule has 0 atom stereocenters. The van der Waals surface area contributed by atoms with Crippen molar-refractivity contribution in [1.29, 1.82) is 0 Å². The van der Waals surface area contributed by atoms with E-state index in [4.69, 9.17) is 33.7 Å². The standard InChI is InChI=1S/C30H38N6O3Si.C24H24N6O2.C24H26N4O3Si.C6H12N2O.2CH4.H2/c1-23(37)35-15-13-34(14-16-35)21-26-7-5-24-19-27(8-9-28(24)33-26)39-30-10-6-25(20-31-30)29-11-12-32-36(29)22-38-17-18-40(2,3)4;1-17(31)30-12-10-29(11-13-30)16-20-4-2-18-14-21(5-6-22(18)27-20)32-24-7-3-19(15-25-24)23-8-9-26-28-23;1-32(2,3)13-12-30-17-28-23(10-11-26-28)19-5-9-24(25-15-19)31-21-7-8-22-18(14-21)4-6-20(16-29)27-22;1-6(9)8-4-2-7-3-5-8;;;/h5-12,19-20H,13-18,21-22H2,1-4H3;2-9,14-15H,10-13,16H2,1H3,(H,26,28);4-11,14-16H,12-13,17H2,1-3H3;7H,2-5H2,1H3;2*1H4;1H/i;;;;;;1+1. The molecule has 29 heteroatoms. The van der Waals surface area contributed by atoms with Crippen molar-refractivity contribution in [3.8, 4) is 68.7 Å². The Morgan fingerprint density at radius 3 is 1.22 bits per heavy atom. The predicted molar refractivity (Wildman–Crippen MR) is 458 cm³/mol. The summed E-state index contributed by atoms with van der Waals surface area (Å²) in [6.45, 7) is 33.0. The van der Waals surface area contributed by atoms with Gasteiger partial charge in [-0.2, -0.15) is 15.3 Å². The number of rotatable bonds is 24. The maximum absolute atomic E-state index is 11.6. The van der Waals surface area contributed by atoms with E-state index in [0.29, 0.717) is 54.0 Å². The van der Waals surface area contributed by atoms with Crippen molar-refractivity contribution >= 4 is 72.9 Å². The maximum Gasteiger partial charge on any atom is 0.219 e. The van der Waals surface area contributed by atoms with E-state index in [9.17, 15) is 19.2 Å². The molecule has 0 bridgehead atoms. The number of H-pyrrole nitrogens is 1. The number of carbonyl (C=O) groups is 4. The van der Waals surface area contributed by atoms with Gasteiger partial charge in [0, 0.05) is 231 Å². The smallest absolute Gasteiger partial charge is 0.219 e. The van der Waals surface area contributed by atoms with Crippen LogP contribution in [-0.2, 0) is 50.4 Å². The van der Waals surface area contributed by atoms with Crippen LogP contribution in [0.15, 0.2) is 183 Å². The summed E-state index contributed by atoms with van der Waals surface area (Å²) in [7, 11) is -2.23. The van der Waals surface area contributed by atoms with Crippen molar-refractivity contribution < 1.29 is 44.3 Å². The number of hydrogen-bond donors (Lipinski definition) is 2. The fourth-order valence-electron chi connectivity index (χ4n) is 12.7. The highest BCUT2D eigenvalue weighted by molar-refractivity contribution is 6.76. The summed E-state index contributed by atoms with van der Waals surface area (Å²) in [6, 6.07) is 48.6. The molecule has 0 saturated carbocycles. The number of pyridine rings is 6. The zero-order valence-corrected chi connectivity index (χ0v) is 67.9. The number of aromatic nitrogens is 12. The van der Waals surface area contributed by atoms with Crippen molar-refractivity contribution in [3.63, 3.8) is 0 Å². The summed E-state index contributed by atoms with van der Waals surface area (Å²) in [5.41, 5.74) is 10.7. The molecular weight excluding hydrogens is 1490 g/mol. The molecule has 3 saturated heterocycles. The van der Waals surface area contributed by atoms with Gasteiger partial charge in [-0.15, -0.1) is 0 Å². The first-order valence-electron chi connectivity index (χ1n) is 38.3. The second-order valence-electron chi connectivity index (χ2n) is 30.4. The van der Waals surface area contributed by atoms with Crippen LogP contribution in [0.25, 0.3) is 66.5 Å². The number of nitrogens with zero attached hydrogens (tertiary/aromatic N) is 16. The third kappa shape index (κ3) is 25.6. The van der Waals surface area contributed by atoms with Crippen LogP contribution >= 0.6 is 0 Å². The molecule has 27 nitrogen and oxygen atoms in total. The minimum Gasteiger partial charge on any atom is -0.439 e. The van der Waals surface area contributed by atoms with Gasteiger partial charge in [0.25, 0.3) is 0 Å². The maximum atomic E-state index is 11.6. The van der Waals surface area contributed by atoms with E-state index >= 15 is 0 Å². The Bertz CT molecular complexity index is 5120. The highest BCUT2D eigenvalue weighted by Crippen LogP contribution is 2.31. The molecule has 0 radical (unpaired) electrons. The molecule has 3 aliphatic heterocycles. The Morgan fingerprint density at radius 2 is 0.852 bits per heavy atom. The molecule has 15 rings (SSSR count). The number of ether oxygens (including phenoxy) is 5. The van der Waals surface area contributed by atoms with Gasteiger partial charge in [0.2, 0.25) is 35.4 Å². The fourth-order valence-corrected chi connectivity index (χ4v) is 14.2. The summed E-state index contributed by atoms with van der Waals surface area (Å²) < 4.78 is 33.3. The van der Waals surface area contributed by atoms with Gasteiger partial charge in [-0.25, -0.2) is 29.3 Å². The number of amides is 3. The third-order valence-electron chi connectivity index (χ3n) is 19.3. The highest BCUT2D eigenvalue weighted by atomic mass is 28.3. The molecule has 9 aromatic heterocycles. The van der Waals surface area contributed by atoms with Gasteiger partial charge in [0.05, 0.1) is 45.0 Å². The van der Waals surface area contributed by atoms with Crippen LogP contribution in [-0.4, -0.2) is 216 Å². The molecule has 3 fully saturated rings. The monoisotopic (exact) mass is 1600 g/mol. The van der Waals surface area contributed by atoms with E-state index < -0.39 is 16.1 Å². The molecule has 115 heavy (non-hydrogen) atoms. The van der Waals surface area contributed by atoms with E-state index in [1.54, 1.807) is 64.0 Å². The zero-order chi connectivity index (χ0) is 79.3. The Hall–Kier alpha value is -11.3. The number of aromatic amines is 1. The van der Waals surface area contributed by atoms with Gasteiger partial charge in [-0.1, -0.05) is 72.3 Å². The molecule has 12 heterocycles. The fraction of sp³-hybridized carbons (Fsp3) is 0.360. The van der Waals surface area contributed by atoms with Crippen molar-refractivity contribution in [2.75, 3.05) is 91.8 Å². The van der Waals surface area contributed by atoms with Gasteiger partial charge in [0.1, 0.15) is 36.4 Å². The minimum absolute atomic E-state index is 0. The summed E-state index contributed by atoms with van der Waals surface area (Å²) >= 11 is 0. The topological polar surface area (TPSA) is 284 Å². The van der Waals surface area contributed by atoms with Crippen molar-refractivity contribution in [1.82, 2.24) is 89.5 Å². The molecule has 2 N–H and O–H groups in total. The van der Waals surface area contributed by atoms with Crippen LogP contribution in [0.3, 0.4) is 0 Å². The molecule has 0 unspecified atom stereocenters. The molecular formula is C86H110N18O9Si2. The van der Waals surface area contributed by atoms with Crippen molar-refractivity contribution in [2.24, 2.45) is 0 Å². The second-order valence-corrected chi connectivity index (χ2v) is 41.6. The van der Waals surface area contributed by atoms with Gasteiger partial charge in [-0.3, -0.25) is 44.0 Å². The van der Waals surface area contributed by atoms with Crippen LogP contribution < -0.4 is 19.5 Å². The summed E-state index contributed by atoms with van der Waals surface area (Å²) in [4.78, 5) is 82.3. The highest BCUT2D eigenvalue weighted by Gasteiger charge is 2.23.